The molecule has 0 saturated carbocycles. The Kier molecular flexibility index (Phi) is 15.1. The van der Waals surface area contributed by atoms with Crippen molar-refractivity contribution in [1.29, 1.82) is 0 Å². The van der Waals surface area contributed by atoms with Gasteiger partial charge in [0.25, 0.3) is 0 Å². The Hall–Kier alpha value is -1.54. The van der Waals surface area contributed by atoms with Gasteiger partial charge in [0.1, 0.15) is 7.14 Å². The van der Waals surface area contributed by atoms with Crippen molar-refractivity contribution in [3.63, 3.8) is 0 Å². The zero-order valence-corrected chi connectivity index (χ0v) is 29.9. The van der Waals surface area contributed by atoms with Gasteiger partial charge in [0.15, 0.2) is 0 Å². The number of rotatable bonds is 21. The summed E-state index contributed by atoms with van der Waals surface area (Å²) in [5.41, 5.74) is 0. The van der Waals surface area contributed by atoms with Crippen LogP contribution in [0.25, 0.3) is 0 Å². The molecule has 3 aromatic rings. The van der Waals surface area contributed by atoms with Crippen molar-refractivity contribution in [2.45, 2.75) is 59.3 Å². The fourth-order valence-electron chi connectivity index (χ4n) is 4.78. The van der Waals surface area contributed by atoms with E-state index in [2.05, 4.69) is 0 Å². The second kappa shape index (κ2) is 18.0. The molecule has 0 radical (unpaired) electrons. The number of benzene rings is 3. The molecular formula is C33H48O7P4. The summed E-state index contributed by atoms with van der Waals surface area (Å²) in [5.74, 6) is -1.18. The molecular weight excluding hydrogens is 632 g/mol. The Bertz CT molecular complexity index is 1270. The first kappa shape index (κ1) is 36.9. The quantitative estimate of drug-likeness (QED) is 0.0817. The van der Waals surface area contributed by atoms with Gasteiger partial charge in [0.2, 0.25) is 22.1 Å². The average Bonchev–Trinajstić information content (AvgIpc) is 3.02. The van der Waals surface area contributed by atoms with E-state index in [0.717, 1.165) is 19.3 Å². The second-order valence-corrected chi connectivity index (χ2v) is 22.9. The Morgan fingerprint density at radius 3 is 0.909 bits per heavy atom. The van der Waals surface area contributed by atoms with Gasteiger partial charge < -0.3 is 18.1 Å². The standard InChI is InChI=1S/C33H48O7P4/c1-4-7-25-38-42(35,31-19-13-10-14-20-31)28-41(34,29-43(36,39-26-8-5-2)32-21-15-11-16-22-32)30-44(37,40-27-9-6-3)33-23-17-12-18-24-33/h10-24H,4-9,25-30H2,1-3H3. The molecule has 0 aliphatic heterocycles. The molecule has 0 amide bonds. The molecule has 3 atom stereocenters. The molecule has 0 N–H and O–H groups in total. The van der Waals surface area contributed by atoms with Crippen molar-refractivity contribution in [2.24, 2.45) is 0 Å². The first-order valence-electron chi connectivity index (χ1n) is 15.6. The van der Waals surface area contributed by atoms with E-state index < -0.39 is 47.0 Å². The highest BCUT2D eigenvalue weighted by Gasteiger charge is 2.47. The molecule has 242 valence electrons. The van der Waals surface area contributed by atoms with Gasteiger partial charge in [-0.1, -0.05) is 94.6 Å². The van der Waals surface area contributed by atoms with E-state index in [0.29, 0.717) is 35.2 Å². The summed E-state index contributed by atoms with van der Waals surface area (Å²) in [6.45, 7) is 6.68. The second-order valence-electron chi connectivity index (χ2n) is 11.1. The maximum atomic E-state index is 15.5. The number of unbranched alkanes of at least 4 members (excludes halogenated alkanes) is 3. The molecule has 0 aromatic heterocycles. The van der Waals surface area contributed by atoms with Crippen LogP contribution in [0, 0.1) is 0 Å². The van der Waals surface area contributed by atoms with Crippen LogP contribution >= 0.6 is 29.2 Å². The predicted molar refractivity (Wildman–Crippen MR) is 186 cm³/mol. The van der Waals surface area contributed by atoms with Gasteiger partial charge in [-0.3, -0.25) is 13.7 Å². The zero-order valence-electron chi connectivity index (χ0n) is 26.3. The van der Waals surface area contributed by atoms with Crippen LogP contribution in [-0.2, 0) is 31.8 Å². The van der Waals surface area contributed by atoms with E-state index in [1.807, 2.05) is 39.0 Å². The highest BCUT2D eigenvalue weighted by Crippen LogP contribution is 2.73. The molecule has 7 nitrogen and oxygen atoms in total. The van der Waals surface area contributed by atoms with E-state index in [4.69, 9.17) is 13.6 Å². The fourth-order valence-corrected chi connectivity index (χ4v) is 22.9. The van der Waals surface area contributed by atoms with Crippen molar-refractivity contribution in [2.75, 3.05) is 37.5 Å². The first-order valence-corrected chi connectivity index (χ1v) is 23.3. The van der Waals surface area contributed by atoms with E-state index in [1.54, 1.807) is 72.8 Å². The number of hydrogen-bond acceptors (Lipinski definition) is 7. The van der Waals surface area contributed by atoms with E-state index in [1.165, 1.54) is 0 Å². The molecule has 0 spiro atoms. The lowest BCUT2D eigenvalue weighted by molar-refractivity contribution is 0.313. The van der Waals surface area contributed by atoms with Crippen LogP contribution in [-0.4, -0.2) is 37.5 Å². The lowest BCUT2D eigenvalue weighted by Gasteiger charge is -2.31. The molecule has 0 heterocycles. The van der Waals surface area contributed by atoms with Gasteiger partial charge in [-0.25, -0.2) is 0 Å². The Morgan fingerprint density at radius 1 is 0.432 bits per heavy atom. The highest BCUT2D eigenvalue weighted by molar-refractivity contribution is 7.93. The van der Waals surface area contributed by atoms with Crippen LogP contribution in [0.5, 0.6) is 0 Å². The monoisotopic (exact) mass is 680 g/mol. The van der Waals surface area contributed by atoms with Crippen LogP contribution < -0.4 is 15.9 Å². The number of hydrogen-bond donors (Lipinski definition) is 0. The largest absolute Gasteiger partial charge is 0.325 e. The van der Waals surface area contributed by atoms with Gasteiger partial charge in [-0.15, -0.1) is 0 Å². The molecule has 3 rings (SSSR count). The summed E-state index contributed by atoms with van der Waals surface area (Å²) < 4.78 is 78.3. The fraction of sp³-hybridized carbons (Fsp3) is 0.455. The minimum Gasteiger partial charge on any atom is -0.325 e. The lowest BCUT2D eigenvalue weighted by Crippen LogP contribution is -2.19. The van der Waals surface area contributed by atoms with Gasteiger partial charge in [0.05, 0.1) is 37.5 Å². The van der Waals surface area contributed by atoms with E-state index in [-0.39, 0.29) is 19.8 Å². The summed E-state index contributed by atoms with van der Waals surface area (Å²) in [4.78, 5) is 0. The Balaban J connectivity index is 2.17. The molecule has 11 heteroatoms. The van der Waals surface area contributed by atoms with Gasteiger partial charge >= 0.3 is 0 Å². The maximum absolute atomic E-state index is 15.5. The smallest absolute Gasteiger partial charge is 0.239 e. The topological polar surface area (TPSA) is 96.0 Å². The van der Waals surface area contributed by atoms with Crippen molar-refractivity contribution < 1.29 is 31.8 Å². The molecule has 0 aliphatic carbocycles. The van der Waals surface area contributed by atoms with Crippen LogP contribution in [0.15, 0.2) is 91.0 Å². The van der Waals surface area contributed by atoms with Gasteiger partial charge in [0, 0.05) is 15.9 Å². The summed E-state index contributed by atoms with van der Waals surface area (Å²) in [7, 11) is -15.2. The molecule has 0 bridgehead atoms. The van der Waals surface area contributed by atoms with Crippen LogP contribution in [0.1, 0.15) is 59.3 Å². The molecule has 0 aliphatic rings. The van der Waals surface area contributed by atoms with Crippen molar-refractivity contribution in [3.05, 3.63) is 91.0 Å². The van der Waals surface area contributed by atoms with Crippen LogP contribution in [0.3, 0.4) is 0 Å². The third-order valence-electron chi connectivity index (χ3n) is 7.17. The normalized spacial score (nSPS) is 17.2. The zero-order chi connectivity index (χ0) is 31.9. The average molecular weight is 681 g/mol. The Labute approximate surface area is 264 Å². The van der Waals surface area contributed by atoms with Crippen molar-refractivity contribution >= 4 is 45.2 Å². The first-order chi connectivity index (χ1) is 21.1. The third-order valence-corrected chi connectivity index (χ3v) is 22.9. The van der Waals surface area contributed by atoms with Gasteiger partial charge in [-0.2, -0.15) is 0 Å². The summed E-state index contributed by atoms with van der Waals surface area (Å²) in [6, 6.07) is 26.3. The van der Waals surface area contributed by atoms with Crippen LogP contribution in [0.4, 0.5) is 0 Å². The lowest BCUT2D eigenvalue weighted by atomic mass is 10.4. The van der Waals surface area contributed by atoms with Crippen LogP contribution in [0.2, 0.25) is 0 Å². The van der Waals surface area contributed by atoms with Crippen molar-refractivity contribution in [3.8, 4) is 0 Å². The minimum atomic E-state index is -3.89. The SMILES string of the molecule is CCCCOP(=O)(CP(=O)(CP(=O)(OCCCC)c1ccccc1)CP(=O)(OCCCC)c1ccccc1)c1ccccc1. The summed E-state index contributed by atoms with van der Waals surface area (Å²) in [5, 5.41) is 1.29. The summed E-state index contributed by atoms with van der Waals surface area (Å²) >= 11 is 0. The predicted octanol–water partition coefficient (Wildman–Crippen LogP) is 9.48. The highest BCUT2D eigenvalue weighted by atomic mass is 31.3. The maximum Gasteiger partial charge on any atom is 0.239 e. The summed E-state index contributed by atoms with van der Waals surface area (Å²) in [6.07, 6.45) is 4.51. The molecule has 0 fully saturated rings. The third kappa shape index (κ3) is 10.8. The Morgan fingerprint density at radius 2 is 0.682 bits per heavy atom. The van der Waals surface area contributed by atoms with Crippen molar-refractivity contribution in [1.82, 2.24) is 0 Å². The minimum absolute atomic E-state index is 0.218. The van der Waals surface area contributed by atoms with E-state index >= 15 is 4.57 Å². The molecule has 3 aromatic carbocycles. The molecule has 44 heavy (non-hydrogen) atoms. The molecule has 3 unspecified atom stereocenters. The van der Waals surface area contributed by atoms with Gasteiger partial charge in [-0.05, 0) is 55.7 Å². The molecule has 0 saturated heterocycles. The van der Waals surface area contributed by atoms with E-state index in [9.17, 15) is 13.7 Å².